The molecule has 1 amide bonds. The number of amides is 1. The molecule has 1 aromatic heterocycles. The van der Waals surface area contributed by atoms with Gasteiger partial charge in [0.2, 0.25) is 0 Å². The molecule has 0 saturated carbocycles. The van der Waals surface area contributed by atoms with Gasteiger partial charge in [0.15, 0.2) is 14.6 Å². The largest absolute Gasteiger partial charge is 0.316 e. The second kappa shape index (κ2) is 8.18. The Morgan fingerprint density at radius 3 is 2.70 bits per heavy atom. The summed E-state index contributed by atoms with van der Waals surface area (Å²) in [6.07, 6.45) is 3.09. The third-order valence-electron chi connectivity index (χ3n) is 3.88. The number of fused-ring (bicyclic) bond motifs is 1. The number of carbonyl (C=O) groups is 1. The molecule has 0 spiro atoms. The summed E-state index contributed by atoms with van der Waals surface area (Å²) in [7, 11) is -3.53. The van der Waals surface area contributed by atoms with Crippen molar-refractivity contribution in [2.24, 2.45) is 4.99 Å². The highest BCUT2D eigenvalue weighted by atomic mass is 35.5. The monoisotopic (exact) mass is 440 g/mol. The molecule has 1 heterocycles. The molecule has 0 radical (unpaired) electrons. The average molecular weight is 441 g/mol. The first-order valence-electron chi connectivity index (χ1n) is 7.97. The first kappa shape index (κ1) is 20.1. The van der Waals surface area contributed by atoms with Crippen molar-refractivity contribution in [3.05, 3.63) is 57.9 Å². The maximum Gasteiger partial charge on any atom is 0.280 e. The maximum absolute atomic E-state index is 12.8. The van der Waals surface area contributed by atoms with Crippen LogP contribution in [-0.4, -0.2) is 37.2 Å². The molecule has 9 heteroatoms. The van der Waals surface area contributed by atoms with Crippen molar-refractivity contribution in [3.63, 3.8) is 0 Å². The Bertz CT molecular complexity index is 1180. The molecule has 0 unspecified atom stereocenters. The van der Waals surface area contributed by atoms with Gasteiger partial charge in [0.05, 0.1) is 20.7 Å². The number of nitrogens with zero attached hydrogens (tertiary/aromatic N) is 2. The number of aryl methyl sites for hydroxylation is 1. The van der Waals surface area contributed by atoms with Crippen LogP contribution in [0.25, 0.3) is 10.2 Å². The lowest BCUT2D eigenvalue weighted by Gasteiger charge is -2.05. The van der Waals surface area contributed by atoms with Crippen LogP contribution in [-0.2, 0) is 16.4 Å². The molecular formula is C18H17ClN2O3S3. The van der Waals surface area contributed by atoms with Gasteiger partial charge in [-0.05, 0) is 36.6 Å². The summed E-state index contributed by atoms with van der Waals surface area (Å²) in [4.78, 5) is 17.5. The van der Waals surface area contributed by atoms with Gasteiger partial charge in [-0.15, -0.1) is 0 Å². The molecule has 3 rings (SSSR count). The number of sulfone groups is 1. The highest BCUT2D eigenvalue weighted by Crippen LogP contribution is 2.22. The third-order valence-corrected chi connectivity index (χ3v) is 6.90. The first-order valence-corrected chi connectivity index (χ1v) is 12.4. The van der Waals surface area contributed by atoms with Crippen LogP contribution in [0.1, 0.15) is 10.4 Å². The Labute approximate surface area is 170 Å². The number of hydrogen-bond donors (Lipinski definition) is 0. The molecule has 2 aromatic carbocycles. The zero-order valence-corrected chi connectivity index (χ0v) is 17.9. The van der Waals surface area contributed by atoms with Crippen molar-refractivity contribution >= 4 is 60.7 Å². The van der Waals surface area contributed by atoms with Crippen molar-refractivity contribution in [3.8, 4) is 0 Å². The molecule has 5 nitrogen and oxygen atoms in total. The van der Waals surface area contributed by atoms with Gasteiger partial charge in [0.1, 0.15) is 0 Å². The second-order valence-corrected chi connectivity index (χ2v) is 10.2. The summed E-state index contributed by atoms with van der Waals surface area (Å²) < 4.78 is 26.9. The van der Waals surface area contributed by atoms with Crippen LogP contribution in [0.4, 0.5) is 0 Å². The minimum atomic E-state index is -3.53. The number of carbonyl (C=O) groups excluding carboxylic acids is 1. The SMILES string of the molecule is CSCCn1c(=NC(=O)c2ccccc2S(C)(=O)=O)sc2cc(Cl)ccc21. The third kappa shape index (κ3) is 4.45. The fourth-order valence-corrected chi connectivity index (χ4v) is 5.22. The first-order chi connectivity index (χ1) is 12.8. The fourth-order valence-electron chi connectivity index (χ4n) is 2.64. The number of halogens is 1. The van der Waals surface area contributed by atoms with Gasteiger partial charge in [-0.2, -0.15) is 16.8 Å². The molecule has 0 bridgehead atoms. The van der Waals surface area contributed by atoms with E-state index in [1.807, 2.05) is 23.0 Å². The van der Waals surface area contributed by atoms with E-state index in [0.717, 1.165) is 22.2 Å². The van der Waals surface area contributed by atoms with Gasteiger partial charge in [-0.25, -0.2) is 8.42 Å². The van der Waals surface area contributed by atoms with E-state index in [4.69, 9.17) is 11.6 Å². The van der Waals surface area contributed by atoms with E-state index >= 15 is 0 Å². The van der Waals surface area contributed by atoms with E-state index in [9.17, 15) is 13.2 Å². The van der Waals surface area contributed by atoms with E-state index in [1.165, 1.54) is 23.5 Å². The Kier molecular flexibility index (Phi) is 6.10. The smallest absolute Gasteiger partial charge is 0.280 e. The lowest BCUT2D eigenvalue weighted by Crippen LogP contribution is -2.19. The Balaban J connectivity index is 2.17. The van der Waals surface area contributed by atoms with Gasteiger partial charge in [-0.3, -0.25) is 4.79 Å². The van der Waals surface area contributed by atoms with Gasteiger partial charge in [0, 0.05) is 23.6 Å². The zero-order valence-electron chi connectivity index (χ0n) is 14.7. The summed E-state index contributed by atoms with van der Waals surface area (Å²) in [5, 5.41) is 0.612. The molecule has 142 valence electrons. The highest BCUT2D eigenvalue weighted by Gasteiger charge is 2.18. The summed E-state index contributed by atoms with van der Waals surface area (Å²) in [5.74, 6) is 0.280. The topological polar surface area (TPSA) is 68.5 Å². The molecule has 0 saturated heterocycles. The number of thioether (sulfide) groups is 1. The van der Waals surface area contributed by atoms with E-state index in [1.54, 1.807) is 30.0 Å². The van der Waals surface area contributed by atoms with Crippen LogP contribution in [0.2, 0.25) is 5.02 Å². The summed E-state index contributed by atoms with van der Waals surface area (Å²) in [6.45, 7) is 0.683. The van der Waals surface area contributed by atoms with E-state index < -0.39 is 15.7 Å². The van der Waals surface area contributed by atoms with Crippen molar-refractivity contribution < 1.29 is 13.2 Å². The van der Waals surface area contributed by atoms with Gasteiger partial charge in [0.25, 0.3) is 5.91 Å². The molecule has 0 aliphatic rings. The number of rotatable bonds is 5. The van der Waals surface area contributed by atoms with Crippen molar-refractivity contribution in [2.75, 3.05) is 18.3 Å². The molecule has 27 heavy (non-hydrogen) atoms. The Morgan fingerprint density at radius 1 is 1.26 bits per heavy atom. The van der Waals surface area contributed by atoms with E-state index in [2.05, 4.69) is 4.99 Å². The van der Waals surface area contributed by atoms with Crippen molar-refractivity contribution in [1.82, 2.24) is 4.57 Å². The second-order valence-electron chi connectivity index (χ2n) is 5.83. The van der Waals surface area contributed by atoms with E-state index in [0.29, 0.717) is 16.4 Å². The average Bonchev–Trinajstić information content (AvgIpc) is 2.95. The van der Waals surface area contributed by atoms with Crippen molar-refractivity contribution in [2.45, 2.75) is 11.4 Å². The van der Waals surface area contributed by atoms with Crippen LogP contribution in [0.3, 0.4) is 0 Å². The number of thiazole rings is 1. The van der Waals surface area contributed by atoms with Crippen LogP contribution in [0, 0.1) is 0 Å². The minimum Gasteiger partial charge on any atom is -0.316 e. The summed E-state index contributed by atoms with van der Waals surface area (Å²) >= 11 is 9.14. The fraction of sp³-hybridized carbons (Fsp3) is 0.222. The molecule has 3 aromatic rings. The van der Waals surface area contributed by atoms with Crippen LogP contribution in [0.15, 0.2) is 52.4 Å². The molecule has 0 fully saturated rings. The van der Waals surface area contributed by atoms with Crippen LogP contribution in [0.5, 0.6) is 0 Å². The standard InChI is InChI=1S/C18H17ClN2O3S3/c1-25-10-9-21-14-8-7-12(19)11-15(14)26-18(21)20-17(22)13-5-3-4-6-16(13)27(2,23)24/h3-8,11H,9-10H2,1-2H3. The number of hydrogen-bond acceptors (Lipinski definition) is 5. The molecule has 0 atom stereocenters. The summed E-state index contributed by atoms with van der Waals surface area (Å²) in [6, 6.07) is 11.7. The molecule has 0 aliphatic heterocycles. The van der Waals surface area contributed by atoms with Gasteiger partial charge in [-0.1, -0.05) is 35.1 Å². The van der Waals surface area contributed by atoms with Crippen LogP contribution < -0.4 is 4.80 Å². The van der Waals surface area contributed by atoms with Crippen LogP contribution >= 0.6 is 34.7 Å². The predicted octanol–water partition coefficient (Wildman–Crippen LogP) is 3.86. The molecule has 0 aliphatic carbocycles. The number of benzene rings is 2. The maximum atomic E-state index is 12.8. The lowest BCUT2D eigenvalue weighted by atomic mass is 10.2. The normalized spacial score (nSPS) is 12.6. The lowest BCUT2D eigenvalue weighted by molar-refractivity contribution is 0.0994. The zero-order chi connectivity index (χ0) is 19.6. The predicted molar refractivity (Wildman–Crippen MR) is 113 cm³/mol. The van der Waals surface area contributed by atoms with Gasteiger partial charge >= 0.3 is 0 Å². The molecule has 0 N–H and O–H groups in total. The summed E-state index contributed by atoms with van der Waals surface area (Å²) in [5.41, 5.74) is 1.02. The van der Waals surface area contributed by atoms with E-state index in [-0.39, 0.29) is 10.5 Å². The Morgan fingerprint density at radius 2 is 2.00 bits per heavy atom. The quantitative estimate of drug-likeness (QED) is 0.604. The minimum absolute atomic E-state index is 0.0152. The highest BCUT2D eigenvalue weighted by molar-refractivity contribution is 7.98. The Hall–Kier alpha value is -1.61. The molecular weight excluding hydrogens is 424 g/mol. The van der Waals surface area contributed by atoms with Crippen molar-refractivity contribution in [1.29, 1.82) is 0 Å². The number of aromatic nitrogens is 1. The van der Waals surface area contributed by atoms with Gasteiger partial charge < -0.3 is 4.57 Å².